The molecule has 1 rings (SSSR count). The Bertz CT molecular complexity index is 494. The van der Waals surface area contributed by atoms with Crippen LogP contribution in [0.25, 0.3) is 0 Å². The van der Waals surface area contributed by atoms with Crippen LogP contribution in [0.3, 0.4) is 0 Å². The van der Waals surface area contributed by atoms with Crippen molar-refractivity contribution in [1.82, 2.24) is 10.2 Å². The number of nitrogens with one attached hydrogen (secondary N) is 2. The van der Waals surface area contributed by atoms with Crippen LogP contribution in [-0.2, 0) is 14.8 Å². The molecule has 10 heteroatoms. The van der Waals surface area contributed by atoms with Crippen molar-refractivity contribution in [2.45, 2.75) is 0 Å². The van der Waals surface area contributed by atoms with Crippen molar-refractivity contribution < 1.29 is 18.4 Å². The minimum absolute atomic E-state index is 0.0383. The summed E-state index contributed by atoms with van der Waals surface area (Å²) in [6.45, 7) is 0.0579. The molecule has 96 valence electrons. The molecule has 0 saturated carbocycles. The molecule has 0 unspecified atom stereocenters. The topological polar surface area (TPSA) is 143 Å². The largest absolute Gasteiger partial charge is 0.409 e. The molecule has 1 aromatic heterocycles. The van der Waals surface area contributed by atoms with Gasteiger partial charge in [0.15, 0.2) is 5.84 Å². The second-order valence-electron chi connectivity index (χ2n) is 3.06. The number of oxime groups is 1. The number of H-pyrrole nitrogens is 1. The number of ether oxygens (including phenoxy) is 1. The van der Waals surface area contributed by atoms with E-state index in [1.165, 1.54) is 13.3 Å². The summed E-state index contributed by atoms with van der Waals surface area (Å²) in [4.78, 5) is 0. The van der Waals surface area contributed by atoms with Crippen molar-refractivity contribution in [3.63, 3.8) is 0 Å². The van der Waals surface area contributed by atoms with Crippen molar-refractivity contribution in [2.24, 2.45) is 10.9 Å². The molecule has 0 radical (unpaired) electrons. The van der Waals surface area contributed by atoms with Gasteiger partial charge in [0.25, 0.3) is 0 Å². The van der Waals surface area contributed by atoms with Crippen molar-refractivity contribution in [3.05, 3.63) is 11.8 Å². The van der Waals surface area contributed by atoms with Gasteiger partial charge < -0.3 is 15.7 Å². The Kier molecular flexibility index (Phi) is 4.29. The number of aromatic amines is 1. The zero-order valence-electron chi connectivity index (χ0n) is 9.04. The lowest BCUT2D eigenvalue weighted by Crippen LogP contribution is -2.22. The van der Waals surface area contributed by atoms with E-state index in [1.54, 1.807) is 0 Å². The molecule has 5 N–H and O–H groups in total. The fourth-order valence-electron chi connectivity index (χ4n) is 1.01. The molecule has 0 atom stereocenters. The summed E-state index contributed by atoms with van der Waals surface area (Å²) in [7, 11) is -2.17. The van der Waals surface area contributed by atoms with Crippen LogP contribution in [-0.4, -0.2) is 49.1 Å². The lowest BCUT2D eigenvalue weighted by molar-refractivity contribution is 0.217. The monoisotopic (exact) mass is 263 g/mol. The SMILES string of the molecule is COCCS(=O)(=O)Nc1[nH]ncc1/C(N)=N/O. The second-order valence-corrected chi connectivity index (χ2v) is 4.90. The molecule has 0 aliphatic carbocycles. The van der Waals surface area contributed by atoms with Gasteiger partial charge in [-0.25, -0.2) is 8.42 Å². The third kappa shape index (κ3) is 3.60. The first-order chi connectivity index (χ1) is 8.00. The molecular formula is C7H13N5O4S. The standard InChI is InChI=1S/C7H13N5O4S/c1-16-2-3-17(14,15)12-7-5(4-9-10-7)6(8)11-13/h4,13H,2-3H2,1H3,(H2,8,11)(H2,9,10,12). The zero-order valence-corrected chi connectivity index (χ0v) is 9.86. The Balaban J connectivity index is 2.86. The number of nitrogens with zero attached hydrogens (tertiary/aromatic N) is 2. The Morgan fingerprint density at radius 2 is 2.47 bits per heavy atom. The maximum atomic E-state index is 11.5. The molecule has 17 heavy (non-hydrogen) atoms. The molecule has 1 aromatic rings. The van der Waals surface area contributed by atoms with E-state index in [0.717, 1.165) is 0 Å². The van der Waals surface area contributed by atoms with Crippen molar-refractivity contribution in [1.29, 1.82) is 0 Å². The first-order valence-electron chi connectivity index (χ1n) is 4.51. The normalized spacial score (nSPS) is 12.6. The van der Waals surface area contributed by atoms with Gasteiger partial charge in [0.05, 0.1) is 24.1 Å². The summed E-state index contributed by atoms with van der Waals surface area (Å²) >= 11 is 0. The number of anilines is 1. The fourth-order valence-corrected chi connectivity index (χ4v) is 1.97. The maximum Gasteiger partial charge on any atom is 0.236 e. The summed E-state index contributed by atoms with van der Waals surface area (Å²) in [6.07, 6.45) is 1.24. The number of hydrogen-bond donors (Lipinski definition) is 4. The molecule has 9 nitrogen and oxygen atoms in total. The lowest BCUT2D eigenvalue weighted by Gasteiger charge is -2.06. The Morgan fingerprint density at radius 1 is 1.76 bits per heavy atom. The zero-order chi connectivity index (χ0) is 12.9. The predicted octanol–water partition coefficient (Wildman–Crippen LogP) is -1.11. The van der Waals surface area contributed by atoms with Crippen molar-refractivity contribution in [2.75, 3.05) is 24.2 Å². The Hall–Kier alpha value is -1.81. The van der Waals surface area contributed by atoms with E-state index in [-0.39, 0.29) is 29.6 Å². The molecule has 0 fully saturated rings. The second kappa shape index (κ2) is 5.50. The maximum absolute atomic E-state index is 11.5. The van der Waals surface area contributed by atoms with Crippen LogP contribution in [0.15, 0.2) is 11.4 Å². The molecule has 0 aliphatic rings. The molecule has 0 bridgehead atoms. The molecule has 0 aliphatic heterocycles. The first-order valence-corrected chi connectivity index (χ1v) is 6.16. The van der Waals surface area contributed by atoms with Gasteiger partial charge >= 0.3 is 0 Å². The molecule has 1 heterocycles. The number of aromatic nitrogens is 2. The average molecular weight is 263 g/mol. The molecule has 0 aromatic carbocycles. The van der Waals surface area contributed by atoms with E-state index in [9.17, 15) is 8.42 Å². The third-order valence-electron chi connectivity index (χ3n) is 1.84. The van der Waals surface area contributed by atoms with Gasteiger partial charge in [-0.05, 0) is 0 Å². The van der Waals surface area contributed by atoms with Crippen LogP contribution in [0.1, 0.15) is 5.56 Å². The van der Waals surface area contributed by atoms with Crippen LogP contribution in [0.5, 0.6) is 0 Å². The minimum atomic E-state index is -3.57. The fraction of sp³-hybridized carbons (Fsp3) is 0.429. The highest BCUT2D eigenvalue weighted by molar-refractivity contribution is 7.92. The Labute approximate surface area is 97.7 Å². The summed E-state index contributed by atoms with van der Waals surface area (Å²) in [5, 5.41) is 17.3. The average Bonchev–Trinajstić information content (AvgIpc) is 2.72. The molecule has 0 saturated heterocycles. The van der Waals surface area contributed by atoms with Crippen LogP contribution < -0.4 is 10.5 Å². The minimum Gasteiger partial charge on any atom is -0.409 e. The number of rotatable bonds is 6. The highest BCUT2D eigenvalue weighted by Gasteiger charge is 2.16. The number of sulfonamides is 1. The highest BCUT2D eigenvalue weighted by Crippen LogP contribution is 2.12. The van der Waals surface area contributed by atoms with E-state index in [4.69, 9.17) is 10.9 Å². The van der Waals surface area contributed by atoms with E-state index in [1.807, 2.05) is 0 Å². The van der Waals surface area contributed by atoms with E-state index in [0.29, 0.717) is 0 Å². The quantitative estimate of drug-likeness (QED) is 0.222. The molecule has 0 spiro atoms. The van der Waals surface area contributed by atoms with Crippen molar-refractivity contribution in [3.8, 4) is 0 Å². The van der Waals surface area contributed by atoms with E-state index < -0.39 is 10.0 Å². The number of hydrogen-bond acceptors (Lipinski definition) is 6. The van der Waals surface area contributed by atoms with Gasteiger partial charge in [-0.1, -0.05) is 5.16 Å². The van der Waals surface area contributed by atoms with Gasteiger partial charge in [-0.15, -0.1) is 0 Å². The number of methoxy groups -OCH3 is 1. The number of amidine groups is 1. The molecular weight excluding hydrogens is 250 g/mol. The van der Waals surface area contributed by atoms with Crippen LogP contribution in [0.4, 0.5) is 5.82 Å². The van der Waals surface area contributed by atoms with Gasteiger partial charge in [-0.2, -0.15) is 5.10 Å². The summed E-state index contributed by atoms with van der Waals surface area (Å²) in [6, 6.07) is 0. The summed E-state index contributed by atoms with van der Waals surface area (Å²) < 4.78 is 30.0. The van der Waals surface area contributed by atoms with Crippen LogP contribution in [0.2, 0.25) is 0 Å². The van der Waals surface area contributed by atoms with Gasteiger partial charge in [0.2, 0.25) is 10.0 Å². The van der Waals surface area contributed by atoms with Gasteiger partial charge in [0, 0.05) is 7.11 Å². The first kappa shape index (κ1) is 13.3. The van der Waals surface area contributed by atoms with Crippen LogP contribution in [0, 0.1) is 0 Å². The highest BCUT2D eigenvalue weighted by atomic mass is 32.2. The van der Waals surface area contributed by atoms with Gasteiger partial charge in [-0.3, -0.25) is 9.82 Å². The van der Waals surface area contributed by atoms with Crippen LogP contribution >= 0.6 is 0 Å². The smallest absolute Gasteiger partial charge is 0.236 e. The van der Waals surface area contributed by atoms with E-state index in [2.05, 4.69) is 24.8 Å². The third-order valence-corrected chi connectivity index (χ3v) is 3.06. The summed E-state index contributed by atoms with van der Waals surface area (Å²) in [5.41, 5.74) is 5.50. The lowest BCUT2D eigenvalue weighted by atomic mass is 10.3. The number of nitrogens with two attached hydrogens (primary N) is 1. The Morgan fingerprint density at radius 3 is 3.06 bits per heavy atom. The molecule has 0 amide bonds. The van der Waals surface area contributed by atoms with Crippen molar-refractivity contribution >= 4 is 21.7 Å². The van der Waals surface area contributed by atoms with E-state index >= 15 is 0 Å². The van der Waals surface area contributed by atoms with Gasteiger partial charge in [0.1, 0.15) is 5.82 Å². The predicted molar refractivity (Wildman–Crippen MR) is 60.4 cm³/mol. The summed E-state index contributed by atoms with van der Waals surface area (Å²) in [5.74, 6) is -0.419.